The van der Waals surface area contributed by atoms with Crippen molar-refractivity contribution in [2.75, 3.05) is 13.7 Å². The van der Waals surface area contributed by atoms with Crippen LogP contribution in [0.3, 0.4) is 0 Å². The molecule has 0 heterocycles. The number of aliphatic carboxylic acids is 1. The van der Waals surface area contributed by atoms with Crippen molar-refractivity contribution in [3.05, 3.63) is 28.2 Å². The van der Waals surface area contributed by atoms with E-state index < -0.39 is 5.97 Å². The predicted octanol–water partition coefficient (Wildman–Crippen LogP) is 1.97. The van der Waals surface area contributed by atoms with Gasteiger partial charge in [-0.2, -0.15) is 0 Å². The Kier molecular flexibility index (Phi) is 4.76. The summed E-state index contributed by atoms with van der Waals surface area (Å²) in [5.74, 6) is -0.294. The Hall–Kier alpha value is -1.07. The van der Waals surface area contributed by atoms with Crippen molar-refractivity contribution in [2.45, 2.75) is 12.3 Å². The second-order valence-electron chi connectivity index (χ2n) is 3.42. The summed E-state index contributed by atoms with van der Waals surface area (Å²) < 4.78 is 5.90. The molecule has 5 heteroatoms. The highest BCUT2D eigenvalue weighted by Gasteiger charge is 2.15. The first-order chi connectivity index (χ1) is 7.58. The van der Waals surface area contributed by atoms with Crippen LogP contribution in [-0.2, 0) is 4.79 Å². The Morgan fingerprint density at radius 2 is 2.31 bits per heavy atom. The zero-order chi connectivity index (χ0) is 12.1. The Morgan fingerprint density at radius 1 is 1.62 bits per heavy atom. The molecule has 0 aliphatic carbocycles. The van der Waals surface area contributed by atoms with Crippen molar-refractivity contribution < 1.29 is 14.6 Å². The molecule has 0 aromatic heterocycles. The first-order valence-electron chi connectivity index (χ1n) is 4.83. The zero-order valence-corrected chi connectivity index (χ0v) is 10.5. The third kappa shape index (κ3) is 3.21. The highest BCUT2D eigenvalue weighted by atomic mass is 79.9. The minimum atomic E-state index is -0.845. The molecule has 0 radical (unpaired) electrons. The van der Waals surface area contributed by atoms with Crippen LogP contribution in [0, 0.1) is 0 Å². The fourth-order valence-electron chi connectivity index (χ4n) is 1.48. The summed E-state index contributed by atoms with van der Waals surface area (Å²) in [6.45, 7) is 0.311. The van der Waals surface area contributed by atoms with Gasteiger partial charge in [0.05, 0.1) is 18.0 Å². The SMILES string of the molecule is COc1ccc(C(CN)CC(=O)O)cc1Br. The van der Waals surface area contributed by atoms with Gasteiger partial charge in [-0.15, -0.1) is 0 Å². The average molecular weight is 288 g/mol. The summed E-state index contributed by atoms with van der Waals surface area (Å²) in [6.07, 6.45) is 0.0370. The summed E-state index contributed by atoms with van der Waals surface area (Å²) in [5, 5.41) is 8.75. The van der Waals surface area contributed by atoms with E-state index in [-0.39, 0.29) is 12.3 Å². The lowest BCUT2D eigenvalue weighted by atomic mass is 9.96. The molecule has 1 atom stereocenters. The van der Waals surface area contributed by atoms with Crippen molar-refractivity contribution in [3.63, 3.8) is 0 Å². The van der Waals surface area contributed by atoms with E-state index in [2.05, 4.69) is 15.9 Å². The molecule has 0 amide bonds. The highest BCUT2D eigenvalue weighted by molar-refractivity contribution is 9.10. The van der Waals surface area contributed by atoms with E-state index in [0.29, 0.717) is 6.54 Å². The fourth-order valence-corrected chi connectivity index (χ4v) is 2.04. The normalized spacial score (nSPS) is 12.2. The largest absolute Gasteiger partial charge is 0.496 e. The zero-order valence-electron chi connectivity index (χ0n) is 8.94. The van der Waals surface area contributed by atoms with E-state index in [0.717, 1.165) is 15.8 Å². The number of ether oxygens (including phenoxy) is 1. The van der Waals surface area contributed by atoms with Crippen molar-refractivity contribution in [2.24, 2.45) is 5.73 Å². The van der Waals surface area contributed by atoms with Gasteiger partial charge in [-0.1, -0.05) is 6.07 Å². The van der Waals surface area contributed by atoms with Gasteiger partial charge in [0, 0.05) is 5.92 Å². The highest BCUT2D eigenvalue weighted by Crippen LogP contribution is 2.29. The molecule has 0 saturated heterocycles. The molecule has 88 valence electrons. The minimum absolute atomic E-state index is 0.0370. The van der Waals surface area contributed by atoms with Crippen molar-refractivity contribution in [1.82, 2.24) is 0 Å². The lowest BCUT2D eigenvalue weighted by Crippen LogP contribution is -2.16. The Morgan fingerprint density at radius 3 is 2.75 bits per heavy atom. The molecule has 1 unspecified atom stereocenters. The van der Waals surface area contributed by atoms with E-state index in [1.165, 1.54) is 0 Å². The van der Waals surface area contributed by atoms with Crippen LogP contribution in [0.25, 0.3) is 0 Å². The first kappa shape index (κ1) is 13.0. The standard InChI is InChI=1S/C11H14BrNO3/c1-16-10-3-2-7(4-9(10)12)8(6-13)5-11(14)15/h2-4,8H,5-6,13H2,1H3,(H,14,15). The van der Waals surface area contributed by atoms with E-state index >= 15 is 0 Å². The molecule has 3 N–H and O–H groups in total. The number of hydrogen-bond acceptors (Lipinski definition) is 3. The minimum Gasteiger partial charge on any atom is -0.496 e. The molecule has 0 spiro atoms. The van der Waals surface area contributed by atoms with Crippen LogP contribution in [0.1, 0.15) is 17.9 Å². The second-order valence-corrected chi connectivity index (χ2v) is 4.28. The van der Waals surface area contributed by atoms with E-state index in [4.69, 9.17) is 15.6 Å². The lowest BCUT2D eigenvalue weighted by molar-refractivity contribution is -0.137. The van der Waals surface area contributed by atoms with E-state index in [1.54, 1.807) is 13.2 Å². The van der Waals surface area contributed by atoms with Crippen LogP contribution in [0.2, 0.25) is 0 Å². The summed E-state index contributed by atoms with van der Waals surface area (Å²) in [6, 6.07) is 5.48. The summed E-state index contributed by atoms with van der Waals surface area (Å²) in [7, 11) is 1.58. The maximum Gasteiger partial charge on any atom is 0.304 e. The Balaban J connectivity index is 2.93. The van der Waals surface area contributed by atoms with Gasteiger partial charge in [0.2, 0.25) is 0 Å². The topological polar surface area (TPSA) is 72.5 Å². The van der Waals surface area contributed by atoms with Crippen molar-refractivity contribution in [3.8, 4) is 5.75 Å². The lowest BCUT2D eigenvalue weighted by Gasteiger charge is -2.14. The van der Waals surface area contributed by atoms with Crippen molar-refractivity contribution in [1.29, 1.82) is 0 Å². The molecule has 0 bridgehead atoms. The molecule has 1 aromatic rings. The van der Waals surface area contributed by atoms with E-state index in [9.17, 15) is 4.79 Å². The van der Waals surface area contributed by atoms with Crippen LogP contribution in [-0.4, -0.2) is 24.7 Å². The van der Waals surface area contributed by atoms with Gasteiger partial charge >= 0.3 is 5.97 Å². The fraction of sp³-hybridized carbons (Fsp3) is 0.364. The third-order valence-corrected chi connectivity index (χ3v) is 2.97. The van der Waals surface area contributed by atoms with Gasteiger partial charge in [-0.3, -0.25) is 4.79 Å². The van der Waals surface area contributed by atoms with Gasteiger partial charge in [0.15, 0.2) is 0 Å². The Labute approximate surface area is 103 Å². The molecule has 0 aliphatic heterocycles. The van der Waals surface area contributed by atoms with Gasteiger partial charge in [0.1, 0.15) is 5.75 Å². The van der Waals surface area contributed by atoms with Crippen LogP contribution < -0.4 is 10.5 Å². The maximum absolute atomic E-state index is 10.7. The summed E-state index contributed by atoms with van der Waals surface area (Å²) in [5.41, 5.74) is 6.46. The number of benzene rings is 1. The quantitative estimate of drug-likeness (QED) is 0.869. The maximum atomic E-state index is 10.7. The number of carboxylic acids is 1. The van der Waals surface area contributed by atoms with Crippen molar-refractivity contribution >= 4 is 21.9 Å². The second kappa shape index (κ2) is 5.86. The molecule has 16 heavy (non-hydrogen) atoms. The number of halogens is 1. The third-order valence-electron chi connectivity index (χ3n) is 2.35. The number of nitrogens with two attached hydrogens (primary N) is 1. The predicted molar refractivity (Wildman–Crippen MR) is 64.7 cm³/mol. The van der Waals surface area contributed by atoms with Gasteiger partial charge < -0.3 is 15.6 Å². The molecular weight excluding hydrogens is 274 g/mol. The van der Waals surface area contributed by atoms with Gasteiger partial charge in [0.25, 0.3) is 0 Å². The number of carbonyl (C=O) groups is 1. The summed E-state index contributed by atoms with van der Waals surface area (Å²) >= 11 is 3.36. The van der Waals surface area contributed by atoms with E-state index in [1.807, 2.05) is 12.1 Å². The number of hydrogen-bond donors (Lipinski definition) is 2. The molecule has 0 saturated carbocycles. The molecular formula is C11H14BrNO3. The molecule has 1 aromatic carbocycles. The molecule has 1 rings (SSSR count). The monoisotopic (exact) mass is 287 g/mol. The van der Waals surface area contributed by atoms with Crippen LogP contribution in [0.15, 0.2) is 22.7 Å². The molecule has 0 aliphatic rings. The summed E-state index contributed by atoms with van der Waals surface area (Å²) in [4.78, 5) is 10.7. The first-order valence-corrected chi connectivity index (χ1v) is 5.63. The average Bonchev–Trinajstić information content (AvgIpc) is 2.25. The Bertz CT molecular complexity index is 381. The van der Waals surface area contributed by atoms with Gasteiger partial charge in [-0.05, 0) is 40.2 Å². The smallest absolute Gasteiger partial charge is 0.304 e. The van der Waals surface area contributed by atoms with Crippen LogP contribution in [0.5, 0.6) is 5.75 Å². The van der Waals surface area contributed by atoms with Crippen LogP contribution >= 0.6 is 15.9 Å². The molecule has 0 fully saturated rings. The molecule has 4 nitrogen and oxygen atoms in total. The number of carboxylic acid groups (broad SMARTS) is 1. The number of methoxy groups -OCH3 is 1. The number of rotatable bonds is 5. The van der Waals surface area contributed by atoms with Crippen LogP contribution in [0.4, 0.5) is 0 Å². The van der Waals surface area contributed by atoms with Gasteiger partial charge in [-0.25, -0.2) is 0 Å².